The van der Waals surface area contributed by atoms with Gasteiger partial charge < -0.3 is 10.1 Å². The Morgan fingerprint density at radius 3 is 2.62 bits per heavy atom. The largest absolute Gasteiger partial charge is 0.444 e. The zero-order valence-electron chi connectivity index (χ0n) is 10.7. The maximum Gasteiger partial charge on any atom is 0.407 e. The smallest absolute Gasteiger partial charge is 0.407 e. The molecule has 1 amide bonds. The van der Waals surface area contributed by atoms with Crippen molar-refractivity contribution >= 4 is 17.9 Å². The Kier molecular flexibility index (Phi) is 5.46. The molecule has 0 aromatic carbocycles. The van der Waals surface area contributed by atoms with Gasteiger partial charge in [0.15, 0.2) is 0 Å². The number of alkyl carbamates (subject to hydrolysis) is 1. The lowest BCUT2D eigenvalue weighted by atomic mass is 9.99. The summed E-state index contributed by atoms with van der Waals surface area (Å²) >= 11 is 1.92. The highest BCUT2D eigenvalue weighted by atomic mass is 32.2. The number of nitrogens with one attached hydrogen (secondary N) is 1. The molecule has 2 atom stereocenters. The normalized spacial score (nSPS) is 25.0. The number of cyclic esters (lactones) is 1. The monoisotopic (exact) mass is 245 g/mol. The fraction of sp³-hybridized carbons (Fsp3) is 0.917. The number of carbonyl (C=O) groups excluding carboxylic acids is 1. The number of ether oxygens (including phenoxy) is 1. The third-order valence-corrected chi connectivity index (χ3v) is 3.73. The lowest BCUT2D eigenvalue weighted by Crippen LogP contribution is -2.33. The van der Waals surface area contributed by atoms with Crippen molar-refractivity contribution < 1.29 is 9.53 Å². The molecule has 1 heterocycles. The van der Waals surface area contributed by atoms with Crippen molar-refractivity contribution in [2.24, 2.45) is 5.92 Å². The van der Waals surface area contributed by atoms with Gasteiger partial charge in [0.05, 0.1) is 6.04 Å². The topological polar surface area (TPSA) is 38.3 Å². The molecular weight excluding hydrogens is 222 g/mol. The minimum absolute atomic E-state index is 0.0705. The summed E-state index contributed by atoms with van der Waals surface area (Å²) < 4.78 is 5.29. The highest BCUT2D eigenvalue weighted by Crippen LogP contribution is 2.21. The molecule has 0 bridgehead atoms. The number of hydrogen-bond acceptors (Lipinski definition) is 3. The first kappa shape index (κ1) is 13.7. The van der Waals surface area contributed by atoms with Crippen LogP contribution >= 0.6 is 11.8 Å². The van der Waals surface area contributed by atoms with Crippen LogP contribution in [0, 0.1) is 5.92 Å². The molecule has 2 unspecified atom stereocenters. The molecule has 0 radical (unpaired) electrons. The van der Waals surface area contributed by atoms with Gasteiger partial charge in [0.25, 0.3) is 0 Å². The average Bonchev–Trinajstić information content (AvgIpc) is 2.44. The van der Waals surface area contributed by atoms with Crippen LogP contribution in [-0.4, -0.2) is 29.2 Å². The Bertz CT molecular complexity index is 231. The maximum atomic E-state index is 11.2. The van der Waals surface area contributed by atoms with Crippen molar-refractivity contribution in [3.8, 4) is 0 Å². The summed E-state index contributed by atoms with van der Waals surface area (Å²) in [6.07, 6.45) is 1.79. The van der Waals surface area contributed by atoms with Crippen LogP contribution in [0.1, 0.15) is 40.5 Å². The molecule has 0 aliphatic carbocycles. The van der Waals surface area contributed by atoms with Crippen LogP contribution in [0.5, 0.6) is 0 Å². The Morgan fingerprint density at radius 1 is 1.38 bits per heavy atom. The predicted octanol–water partition coefficient (Wildman–Crippen LogP) is 3.04. The van der Waals surface area contributed by atoms with Gasteiger partial charge in [0.2, 0.25) is 0 Å². The van der Waals surface area contributed by atoms with Crippen LogP contribution in [0.2, 0.25) is 0 Å². The Hall–Kier alpha value is -0.380. The first-order chi connectivity index (χ1) is 7.49. The van der Waals surface area contributed by atoms with E-state index in [1.165, 1.54) is 0 Å². The maximum absolute atomic E-state index is 11.2. The zero-order chi connectivity index (χ0) is 12.1. The van der Waals surface area contributed by atoms with Crippen molar-refractivity contribution in [1.29, 1.82) is 0 Å². The van der Waals surface area contributed by atoms with Crippen LogP contribution in [0.4, 0.5) is 4.79 Å². The van der Waals surface area contributed by atoms with E-state index in [2.05, 4.69) is 33.0 Å². The van der Waals surface area contributed by atoms with Crippen LogP contribution in [0.3, 0.4) is 0 Å². The number of rotatable bonds is 6. The number of hydrogen-bond donors (Lipinski definition) is 1. The second kappa shape index (κ2) is 6.38. The number of thioether (sulfide) groups is 1. The number of carbonyl (C=O) groups is 1. The molecule has 4 heteroatoms. The minimum Gasteiger partial charge on any atom is -0.444 e. The molecule has 1 saturated heterocycles. The third-order valence-electron chi connectivity index (χ3n) is 2.59. The van der Waals surface area contributed by atoms with Crippen LogP contribution in [0.25, 0.3) is 0 Å². The molecule has 1 rings (SSSR count). The summed E-state index contributed by atoms with van der Waals surface area (Å²) in [6.45, 7) is 8.72. The second-order valence-corrected chi connectivity index (χ2v) is 6.72. The van der Waals surface area contributed by atoms with Gasteiger partial charge in [-0.3, -0.25) is 0 Å². The van der Waals surface area contributed by atoms with Gasteiger partial charge in [-0.05, 0) is 29.8 Å². The van der Waals surface area contributed by atoms with Gasteiger partial charge >= 0.3 is 6.09 Å². The molecule has 16 heavy (non-hydrogen) atoms. The minimum atomic E-state index is -0.245. The van der Waals surface area contributed by atoms with Gasteiger partial charge in [-0.25, -0.2) is 4.79 Å². The second-order valence-electron chi connectivity index (χ2n) is 5.03. The van der Waals surface area contributed by atoms with E-state index in [-0.39, 0.29) is 18.2 Å². The molecule has 3 nitrogen and oxygen atoms in total. The molecule has 1 aliphatic heterocycles. The SMILES string of the molecule is CC(C)CC1NC(=O)OC1CCSC(C)C. The third kappa shape index (κ3) is 4.64. The van der Waals surface area contributed by atoms with Gasteiger partial charge in [0, 0.05) is 0 Å². The van der Waals surface area contributed by atoms with Crippen LogP contribution in [0.15, 0.2) is 0 Å². The molecule has 1 N–H and O–H groups in total. The Labute approximate surface area is 103 Å². The van der Waals surface area contributed by atoms with E-state index < -0.39 is 0 Å². The first-order valence-corrected chi connectivity index (χ1v) is 7.12. The first-order valence-electron chi connectivity index (χ1n) is 6.07. The quantitative estimate of drug-likeness (QED) is 0.781. The van der Waals surface area contributed by atoms with Crippen molar-refractivity contribution in [3.05, 3.63) is 0 Å². The fourth-order valence-electron chi connectivity index (χ4n) is 1.90. The highest BCUT2D eigenvalue weighted by molar-refractivity contribution is 7.99. The molecular formula is C12H23NO2S. The Morgan fingerprint density at radius 2 is 2.06 bits per heavy atom. The van der Waals surface area contributed by atoms with E-state index in [1.54, 1.807) is 0 Å². The summed E-state index contributed by atoms with van der Waals surface area (Å²) in [6, 6.07) is 0.209. The summed E-state index contributed by atoms with van der Waals surface area (Å²) in [7, 11) is 0. The molecule has 0 aromatic heterocycles. The van der Waals surface area contributed by atoms with E-state index in [0.29, 0.717) is 11.2 Å². The van der Waals surface area contributed by atoms with E-state index in [9.17, 15) is 4.79 Å². The summed E-state index contributed by atoms with van der Waals surface area (Å²) in [4.78, 5) is 11.2. The zero-order valence-corrected chi connectivity index (χ0v) is 11.5. The summed E-state index contributed by atoms with van der Waals surface area (Å²) in [5, 5.41) is 3.55. The lowest BCUT2D eigenvalue weighted by molar-refractivity contribution is 0.127. The van der Waals surface area contributed by atoms with Gasteiger partial charge in [0.1, 0.15) is 6.10 Å². The van der Waals surface area contributed by atoms with Crippen molar-refractivity contribution in [1.82, 2.24) is 5.32 Å². The average molecular weight is 245 g/mol. The van der Waals surface area contributed by atoms with E-state index >= 15 is 0 Å². The summed E-state index contributed by atoms with van der Waals surface area (Å²) in [5.41, 5.74) is 0. The standard InChI is InChI=1S/C12H23NO2S/c1-8(2)7-10-11(15-12(14)13-10)5-6-16-9(3)4/h8-11H,5-7H2,1-4H3,(H,13,14). The van der Waals surface area contributed by atoms with E-state index in [1.807, 2.05) is 11.8 Å². The lowest BCUT2D eigenvalue weighted by Gasteiger charge is -2.18. The predicted molar refractivity (Wildman–Crippen MR) is 68.9 cm³/mol. The van der Waals surface area contributed by atoms with Crippen molar-refractivity contribution in [2.75, 3.05) is 5.75 Å². The molecule has 1 fully saturated rings. The van der Waals surface area contributed by atoms with Crippen molar-refractivity contribution in [3.63, 3.8) is 0 Å². The molecule has 1 aliphatic rings. The van der Waals surface area contributed by atoms with Gasteiger partial charge in [-0.1, -0.05) is 27.7 Å². The van der Waals surface area contributed by atoms with Crippen LogP contribution in [-0.2, 0) is 4.74 Å². The highest BCUT2D eigenvalue weighted by Gasteiger charge is 2.33. The molecule has 0 saturated carbocycles. The molecule has 0 spiro atoms. The fourth-order valence-corrected chi connectivity index (χ4v) is 2.74. The van der Waals surface area contributed by atoms with Gasteiger partial charge in [-0.2, -0.15) is 11.8 Å². The molecule has 0 aromatic rings. The Balaban J connectivity index is 2.34. The van der Waals surface area contributed by atoms with E-state index in [4.69, 9.17) is 4.74 Å². The van der Waals surface area contributed by atoms with Crippen molar-refractivity contribution in [2.45, 2.75) is 57.9 Å². The summed E-state index contributed by atoms with van der Waals surface area (Å²) in [5.74, 6) is 1.65. The molecule has 94 valence electrons. The number of amides is 1. The van der Waals surface area contributed by atoms with Gasteiger partial charge in [-0.15, -0.1) is 0 Å². The van der Waals surface area contributed by atoms with E-state index in [0.717, 1.165) is 18.6 Å². The van der Waals surface area contributed by atoms with Crippen LogP contribution < -0.4 is 5.32 Å².